The number of aromatic nitrogens is 4. The summed E-state index contributed by atoms with van der Waals surface area (Å²) in [5.74, 6) is -2.41. The molecule has 13 heteroatoms. The Morgan fingerprint density at radius 2 is 1.80 bits per heavy atom. The lowest BCUT2D eigenvalue weighted by molar-refractivity contribution is -0.114. The molecule has 2 N–H and O–H groups in total. The molecule has 5 aromatic rings. The Bertz CT molecular complexity index is 1910. The fraction of sp³-hybridized carbons (Fsp3) is 0.107. The molecule has 11 nitrogen and oxygen atoms in total. The van der Waals surface area contributed by atoms with E-state index in [1.54, 1.807) is 19.2 Å². The summed E-state index contributed by atoms with van der Waals surface area (Å²) in [5.41, 5.74) is -1.02. The molecule has 5 rings (SSSR count). The predicted octanol–water partition coefficient (Wildman–Crippen LogP) is 3.87. The third-order valence-electron chi connectivity index (χ3n) is 6.09. The molecule has 0 saturated heterocycles. The third kappa shape index (κ3) is 5.32. The van der Waals surface area contributed by atoms with Gasteiger partial charge in [-0.1, -0.05) is 0 Å². The van der Waals surface area contributed by atoms with Crippen LogP contribution in [0.2, 0.25) is 0 Å². The molecule has 0 radical (unpaired) electrons. The lowest BCUT2D eigenvalue weighted by Crippen LogP contribution is -2.41. The van der Waals surface area contributed by atoms with E-state index >= 15 is 4.39 Å². The molecule has 0 spiro atoms. The van der Waals surface area contributed by atoms with Crippen LogP contribution >= 0.6 is 0 Å². The summed E-state index contributed by atoms with van der Waals surface area (Å²) in [6.07, 6.45) is 4.09. The fourth-order valence-electron chi connectivity index (χ4n) is 4.25. The number of hydrogen-bond acceptors (Lipinski definition) is 6. The Morgan fingerprint density at radius 3 is 2.49 bits per heavy atom. The van der Waals surface area contributed by atoms with Gasteiger partial charge in [-0.3, -0.25) is 14.4 Å². The predicted molar refractivity (Wildman–Crippen MR) is 146 cm³/mol. The van der Waals surface area contributed by atoms with E-state index in [4.69, 9.17) is 4.74 Å². The minimum Gasteiger partial charge on any atom is -0.452 e. The molecule has 0 aliphatic rings. The molecule has 0 bridgehead atoms. The van der Waals surface area contributed by atoms with Crippen molar-refractivity contribution in [3.05, 3.63) is 111 Å². The summed E-state index contributed by atoms with van der Waals surface area (Å²) in [4.78, 5) is 54.0. The van der Waals surface area contributed by atoms with Crippen LogP contribution in [0.15, 0.2) is 82.8 Å². The molecule has 208 valence electrons. The molecule has 0 saturated carbocycles. The minimum atomic E-state index is -0.923. The van der Waals surface area contributed by atoms with Crippen molar-refractivity contribution in [1.29, 1.82) is 0 Å². The van der Waals surface area contributed by atoms with Gasteiger partial charge >= 0.3 is 5.69 Å². The van der Waals surface area contributed by atoms with Crippen LogP contribution in [0.25, 0.3) is 11.2 Å². The van der Waals surface area contributed by atoms with Gasteiger partial charge in [-0.2, -0.15) is 5.10 Å². The van der Waals surface area contributed by atoms with Gasteiger partial charge in [0.1, 0.15) is 16.9 Å². The molecular formula is C28H22F2N6O5. The fourth-order valence-corrected chi connectivity index (χ4v) is 4.25. The topological polar surface area (TPSA) is 131 Å². The average Bonchev–Trinajstić information content (AvgIpc) is 3.40. The van der Waals surface area contributed by atoms with Crippen LogP contribution in [-0.2, 0) is 4.79 Å². The third-order valence-corrected chi connectivity index (χ3v) is 6.09. The van der Waals surface area contributed by atoms with Gasteiger partial charge in [0, 0.05) is 37.5 Å². The number of fused-ring (bicyclic) bond motifs is 1. The highest BCUT2D eigenvalue weighted by Crippen LogP contribution is 2.32. The first-order valence-corrected chi connectivity index (χ1v) is 12.3. The van der Waals surface area contributed by atoms with Gasteiger partial charge in [-0.25, -0.2) is 22.7 Å². The van der Waals surface area contributed by atoms with E-state index in [1.807, 2.05) is 0 Å². The number of nitrogens with zero attached hydrogens (tertiary/aromatic N) is 4. The number of halogens is 2. The van der Waals surface area contributed by atoms with Crippen molar-refractivity contribution in [3.8, 4) is 17.2 Å². The van der Waals surface area contributed by atoms with Gasteiger partial charge in [0.2, 0.25) is 5.91 Å². The first kappa shape index (κ1) is 27.0. The van der Waals surface area contributed by atoms with Crippen LogP contribution in [0.1, 0.15) is 24.2 Å². The Morgan fingerprint density at radius 1 is 1.05 bits per heavy atom. The standard InChI is InChI=1S/C28H22F2N6O5/c1-3-34(26(38)21-14-31-28(40)36(27(21)39)19-6-4-17(29)5-7-19)20-8-9-24(22(30)13-20)41-25-12-18(33-16(2)37)15-35-23(25)10-11-32-35/h4-15H,3H2,1-2H3,(H,31,40)(H,33,37). The largest absolute Gasteiger partial charge is 0.452 e. The average molecular weight is 561 g/mol. The molecular weight excluding hydrogens is 538 g/mol. The highest BCUT2D eigenvalue weighted by atomic mass is 19.1. The summed E-state index contributed by atoms with van der Waals surface area (Å²) < 4.78 is 36.6. The van der Waals surface area contributed by atoms with E-state index in [0.717, 1.165) is 29.3 Å². The second-order valence-corrected chi connectivity index (χ2v) is 8.83. The first-order chi connectivity index (χ1) is 19.7. The number of amides is 2. The number of H-pyrrole nitrogens is 1. The number of carbonyl (C=O) groups is 2. The number of benzene rings is 2. The van der Waals surface area contributed by atoms with Crippen molar-refractivity contribution < 1.29 is 23.1 Å². The zero-order valence-electron chi connectivity index (χ0n) is 21.7. The summed E-state index contributed by atoms with van der Waals surface area (Å²) in [6.45, 7) is 3.04. The number of rotatable bonds is 7. The number of aromatic amines is 1. The van der Waals surface area contributed by atoms with Crippen molar-refractivity contribution in [2.45, 2.75) is 13.8 Å². The number of pyridine rings is 1. The van der Waals surface area contributed by atoms with Crippen molar-refractivity contribution in [1.82, 2.24) is 19.2 Å². The van der Waals surface area contributed by atoms with Crippen LogP contribution < -0.4 is 26.2 Å². The second kappa shape index (κ2) is 10.9. The smallest absolute Gasteiger partial charge is 0.333 e. The van der Waals surface area contributed by atoms with Gasteiger partial charge in [0.05, 0.1) is 23.8 Å². The molecule has 0 unspecified atom stereocenters. The summed E-state index contributed by atoms with van der Waals surface area (Å²) in [7, 11) is 0. The van der Waals surface area contributed by atoms with Gasteiger partial charge in [-0.15, -0.1) is 0 Å². The zero-order valence-corrected chi connectivity index (χ0v) is 21.7. The molecule has 0 aliphatic heterocycles. The number of nitrogens with one attached hydrogen (secondary N) is 2. The lowest BCUT2D eigenvalue weighted by atomic mass is 10.2. The Balaban J connectivity index is 1.46. The Hall–Kier alpha value is -5.59. The summed E-state index contributed by atoms with van der Waals surface area (Å²) in [6, 6.07) is 11.6. The number of ether oxygens (including phenoxy) is 1. The summed E-state index contributed by atoms with van der Waals surface area (Å²) in [5, 5.41) is 6.76. The van der Waals surface area contributed by atoms with Crippen LogP contribution in [0.3, 0.4) is 0 Å². The maximum atomic E-state index is 15.3. The van der Waals surface area contributed by atoms with Gasteiger partial charge < -0.3 is 19.9 Å². The Kier molecular flexibility index (Phi) is 7.17. The minimum absolute atomic E-state index is 0.0583. The highest BCUT2D eigenvalue weighted by molar-refractivity contribution is 6.05. The monoisotopic (exact) mass is 560 g/mol. The van der Waals surface area contributed by atoms with E-state index in [2.05, 4.69) is 15.4 Å². The van der Waals surface area contributed by atoms with Crippen LogP contribution in [0.5, 0.6) is 11.5 Å². The number of anilines is 2. The molecule has 2 aromatic carbocycles. The van der Waals surface area contributed by atoms with E-state index in [1.165, 1.54) is 48.0 Å². The molecule has 2 amide bonds. The molecule has 0 atom stereocenters. The molecule has 41 heavy (non-hydrogen) atoms. The second-order valence-electron chi connectivity index (χ2n) is 8.83. The molecule has 0 fully saturated rings. The van der Waals surface area contributed by atoms with Gasteiger partial charge in [0.15, 0.2) is 17.3 Å². The van der Waals surface area contributed by atoms with Crippen LogP contribution in [0.4, 0.5) is 20.2 Å². The van der Waals surface area contributed by atoms with Crippen molar-refractivity contribution >= 4 is 28.7 Å². The first-order valence-electron chi connectivity index (χ1n) is 12.3. The van der Waals surface area contributed by atoms with E-state index in [9.17, 15) is 23.6 Å². The Labute approximate surface area is 230 Å². The van der Waals surface area contributed by atoms with Gasteiger partial charge in [0.25, 0.3) is 11.5 Å². The summed E-state index contributed by atoms with van der Waals surface area (Å²) >= 11 is 0. The quantitative estimate of drug-likeness (QED) is 0.311. The number of hydrogen-bond donors (Lipinski definition) is 2. The van der Waals surface area contributed by atoms with Crippen molar-refractivity contribution in [2.24, 2.45) is 0 Å². The van der Waals surface area contributed by atoms with Gasteiger partial charge in [-0.05, 0) is 49.4 Å². The van der Waals surface area contributed by atoms with Crippen molar-refractivity contribution in [3.63, 3.8) is 0 Å². The highest BCUT2D eigenvalue weighted by Gasteiger charge is 2.23. The van der Waals surface area contributed by atoms with E-state index in [0.29, 0.717) is 15.8 Å². The molecule has 0 aliphatic carbocycles. The van der Waals surface area contributed by atoms with E-state index in [-0.39, 0.29) is 40.9 Å². The normalized spacial score (nSPS) is 10.9. The maximum absolute atomic E-state index is 15.3. The SMILES string of the molecule is CCN(C(=O)c1c[nH]c(=O)n(-c2ccc(F)cc2)c1=O)c1ccc(Oc2cc(NC(C)=O)cn3nccc23)c(F)c1. The maximum Gasteiger partial charge on any atom is 0.333 e. The molecule has 3 heterocycles. The van der Waals surface area contributed by atoms with Crippen LogP contribution in [-0.4, -0.2) is 37.5 Å². The van der Waals surface area contributed by atoms with E-state index < -0.39 is 28.8 Å². The van der Waals surface area contributed by atoms with Crippen LogP contribution in [0, 0.1) is 11.6 Å². The zero-order chi connectivity index (χ0) is 29.3. The number of carbonyl (C=O) groups excluding carboxylic acids is 2. The lowest BCUT2D eigenvalue weighted by Gasteiger charge is -2.21. The van der Waals surface area contributed by atoms with Crippen molar-refractivity contribution in [2.75, 3.05) is 16.8 Å². The molecule has 3 aromatic heterocycles.